The van der Waals surface area contributed by atoms with Crippen molar-refractivity contribution in [2.75, 3.05) is 5.32 Å². The number of hydrogen-bond donors (Lipinski definition) is 1. The highest BCUT2D eigenvalue weighted by Gasteiger charge is 2.22. The molecule has 0 fully saturated rings. The molecule has 3 heteroatoms. The Morgan fingerprint density at radius 3 is 1.92 bits per heavy atom. The first-order chi connectivity index (χ1) is 24.7. The van der Waals surface area contributed by atoms with Gasteiger partial charge in [-0.2, -0.15) is 0 Å². The molecule has 0 aliphatic carbocycles. The lowest BCUT2D eigenvalue weighted by Gasteiger charge is -2.20. The molecule has 11 rings (SSSR count). The fraction of sp³-hybridized carbons (Fsp3) is 0.0213. The number of hydrogen-bond acceptors (Lipinski definition) is 3. The number of nitrogens with one attached hydrogen (secondary N) is 1. The molecule has 0 saturated heterocycles. The molecule has 1 aliphatic heterocycles. The first-order valence-electron chi connectivity index (χ1n) is 17.1. The van der Waals surface area contributed by atoms with Crippen LogP contribution in [0.3, 0.4) is 0 Å². The molecule has 8 aromatic carbocycles. The summed E-state index contributed by atoms with van der Waals surface area (Å²) in [5.74, 6) is 0. The van der Waals surface area contributed by atoms with E-state index in [4.69, 9.17) is 8.83 Å². The van der Waals surface area contributed by atoms with Gasteiger partial charge in [0.1, 0.15) is 22.3 Å². The second kappa shape index (κ2) is 10.2. The minimum atomic E-state index is 0.866. The molecule has 0 saturated carbocycles. The molecule has 0 amide bonds. The molecule has 0 unspecified atom stereocenters. The number of furan rings is 2. The molecule has 234 valence electrons. The molecule has 1 N–H and O–H groups in total. The Morgan fingerprint density at radius 2 is 1.04 bits per heavy atom. The highest BCUT2D eigenvalue weighted by atomic mass is 16.3. The Bertz CT molecular complexity index is 3030. The van der Waals surface area contributed by atoms with Crippen molar-refractivity contribution in [1.82, 2.24) is 0 Å². The van der Waals surface area contributed by atoms with E-state index in [2.05, 4.69) is 158 Å². The van der Waals surface area contributed by atoms with Crippen molar-refractivity contribution >= 4 is 66.0 Å². The Kier molecular flexibility index (Phi) is 5.59. The molecule has 3 heterocycles. The number of rotatable bonds is 1. The molecule has 0 radical (unpaired) electrons. The number of para-hydroxylation sites is 1. The molecule has 0 spiro atoms. The third-order valence-electron chi connectivity index (χ3n) is 10.6. The summed E-state index contributed by atoms with van der Waals surface area (Å²) < 4.78 is 12.9. The maximum Gasteiger partial charge on any atom is 0.137 e. The van der Waals surface area contributed by atoms with Crippen molar-refractivity contribution in [3.8, 4) is 44.5 Å². The van der Waals surface area contributed by atoms with Gasteiger partial charge in [0.2, 0.25) is 0 Å². The number of fused-ring (bicyclic) bond motifs is 14. The predicted octanol–water partition coefficient (Wildman–Crippen LogP) is 13.7. The van der Waals surface area contributed by atoms with Crippen molar-refractivity contribution in [3.63, 3.8) is 0 Å². The van der Waals surface area contributed by atoms with Gasteiger partial charge in [0.15, 0.2) is 0 Å². The van der Waals surface area contributed by atoms with Crippen molar-refractivity contribution in [2.45, 2.75) is 6.92 Å². The minimum Gasteiger partial charge on any atom is -0.456 e. The summed E-state index contributed by atoms with van der Waals surface area (Å²) in [5, 5.41) is 10.7. The molecule has 1 aliphatic rings. The molecular weight excluding hydrogens is 611 g/mol. The van der Waals surface area contributed by atoms with Crippen LogP contribution in [0.25, 0.3) is 99.2 Å². The molecule has 6 bridgehead atoms. The van der Waals surface area contributed by atoms with E-state index < -0.39 is 0 Å². The van der Waals surface area contributed by atoms with Crippen LogP contribution in [0.5, 0.6) is 0 Å². The predicted molar refractivity (Wildman–Crippen MR) is 208 cm³/mol. The molecule has 2 aromatic heterocycles. The molecule has 10 aromatic rings. The first-order valence-corrected chi connectivity index (χ1v) is 17.1. The Morgan fingerprint density at radius 1 is 0.400 bits per heavy atom. The zero-order valence-electron chi connectivity index (χ0n) is 27.3. The highest BCUT2D eigenvalue weighted by molar-refractivity contribution is 6.19. The van der Waals surface area contributed by atoms with Crippen molar-refractivity contribution in [3.05, 3.63) is 157 Å². The van der Waals surface area contributed by atoms with Crippen LogP contribution in [0.15, 0.2) is 160 Å². The van der Waals surface area contributed by atoms with Gasteiger partial charge in [0, 0.05) is 21.8 Å². The summed E-state index contributed by atoms with van der Waals surface area (Å²) in [4.78, 5) is 0. The Balaban J connectivity index is 1.30. The average molecular weight is 640 g/mol. The lowest BCUT2D eigenvalue weighted by atomic mass is 9.85. The van der Waals surface area contributed by atoms with E-state index in [1.165, 1.54) is 44.2 Å². The van der Waals surface area contributed by atoms with E-state index in [9.17, 15) is 0 Å². The van der Waals surface area contributed by atoms with Crippen LogP contribution in [0, 0.1) is 6.92 Å². The van der Waals surface area contributed by atoms with Crippen LogP contribution in [0.1, 0.15) is 5.56 Å². The SMILES string of the molecule is Cc1c2cccc1-c1cccc3oc4cccc(c4c13)Nc1ccc(-c3cccc4oc5ccccc5c34)c(c1)-c1cc-2cc2ccccc12. The minimum absolute atomic E-state index is 0.866. The smallest absolute Gasteiger partial charge is 0.137 e. The van der Waals surface area contributed by atoms with E-state index >= 15 is 0 Å². The van der Waals surface area contributed by atoms with Crippen LogP contribution >= 0.6 is 0 Å². The summed E-state index contributed by atoms with van der Waals surface area (Å²) in [6.45, 7) is 2.25. The van der Waals surface area contributed by atoms with E-state index in [1.807, 2.05) is 6.07 Å². The van der Waals surface area contributed by atoms with Crippen molar-refractivity contribution in [2.24, 2.45) is 0 Å². The number of benzene rings is 8. The van der Waals surface area contributed by atoms with E-state index in [-0.39, 0.29) is 0 Å². The summed E-state index contributed by atoms with van der Waals surface area (Å²) >= 11 is 0. The second-order valence-corrected chi connectivity index (χ2v) is 13.3. The van der Waals surface area contributed by atoms with Crippen LogP contribution in [-0.4, -0.2) is 0 Å². The molecule has 50 heavy (non-hydrogen) atoms. The Hall–Kier alpha value is -6.58. The van der Waals surface area contributed by atoms with E-state index in [0.29, 0.717) is 0 Å². The quantitative estimate of drug-likeness (QED) is 0.194. The van der Waals surface area contributed by atoms with Gasteiger partial charge in [-0.3, -0.25) is 0 Å². The third-order valence-corrected chi connectivity index (χ3v) is 10.6. The molecule has 0 atom stereocenters. The number of anilines is 2. The summed E-state index contributed by atoms with van der Waals surface area (Å²) in [7, 11) is 0. The van der Waals surface area contributed by atoms with Gasteiger partial charge in [-0.25, -0.2) is 0 Å². The van der Waals surface area contributed by atoms with E-state index in [1.54, 1.807) is 0 Å². The van der Waals surface area contributed by atoms with Crippen molar-refractivity contribution < 1.29 is 8.83 Å². The van der Waals surface area contributed by atoms with Gasteiger partial charge >= 0.3 is 0 Å². The van der Waals surface area contributed by atoms with Gasteiger partial charge in [-0.15, -0.1) is 0 Å². The first kappa shape index (κ1) is 27.4. The van der Waals surface area contributed by atoms with Gasteiger partial charge in [-0.05, 0) is 122 Å². The van der Waals surface area contributed by atoms with Gasteiger partial charge in [0.05, 0.1) is 11.1 Å². The third kappa shape index (κ3) is 3.86. The Labute approximate surface area is 288 Å². The van der Waals surface area contributed by atoms with Crippen LogP contribution < -0.4 is 5.32 Å². The van der Waals surface area contributed by atoms with Crippen LogP contribution in [-0.2, 0) is 0 Å². The van der Waals surface area contributed by atoms with Crippen LogP contribution in [0.4, 0.5) is 11.4 Å². The average Bonchev–Trinajstić information content (AvgIpc) is 3.74. The normalized spacial score (nSPS) is 12.3. The van der Waals surface area contributed by atoms with Gasteiger partial charge < -0.3 is 14.2 Å². The largest absolute Gasteiger partial charge is 0.456 e. The highest BCUT2D eigenvalue weighted by Crippen LogP contribution is 2.47. The maximum absolute atomic E-state index is 6.51. The summed E-state index contributed by atoms with van der Waals surface area (Å²) in [5.41, 5.74) is 16.2. The summed E-state index contributed by atoms with van der Waals surface area (Å²) in [6, 6.07) is 54.4. The van der Waals surface area contributed by atoms with Crippen LogP contribution in [0.2, 0.25) is 0 Å². The molecular formula is C47H29NO2. The zero-order chi connectivity index (χ0) is 32.9. The van der Waals surface area contributed by atoms with Gasteiger partial charge in [0.25, 0.3) is 0 Å². The van der Waals surface area contributed by atoms with Gasteiger partial charge in [-0.1, -0.05) is 97.1 Å². The fourth-order valence-corrected chi connectivity index (χ4v) is 8.36. The van der Waals surface area contributed by atoms with E-state index in [0.717, 1.165) is 71.9 Å². The lowest BCUT2D eigenvalue weighted by molar-refractivity contribution is 0.668. The standard InChI is InChI=1S/C47H29NO2/c1-27-31-13-6-14-32(27)35-15-7-20-43-46(35)47-40(17-9-21-44(47)50-43)48-30-22-23-34(36-16-8-19-42-45(36)37-12-4-5-18-41(37)49-42)39(26-30)38-25-29(31)24-28-10-2-3-11-33(28)38/h2-26,48H,1H3. The van der Waals surface area contributed by atoms with Crippen molar-refractivity contribution in [1.29, 1.82) is 0 Å². The molecule has 3 nitrogen and oxygen atoms in total. The topological polar surface area (TPSA) is 38.3 Å². The zero-order valence-corrected chi connectivity index (χ0v) is 27.3. The maximum atomic E-state index is 6.51. The fourth-order valence-electron chi connectivity index (χ4n) is 8.36. The monoisotopic (exact) mass is 639 g/mol. The lowest BCUT2D eigenvalue weighted by Crippen LogP contribution is -1.96. The second-order valence-electron chi connectivity index (χ2n) is 13.3. The summed E-state index contributed by atoms with van der Waals surface area (Å²) in [6.07, 6.45) is 0.